The lowest BCUT2D eigenvalue weighted by molar-refractivity contribution is -0.140. The Bertz CT molecular complexity index is 856. The summed E-state index contributed by atoms with van der Waals surface area (Å²) in [4.78, 5) is 27.5. The fourth-order valence-electron chi connectivity index (χ4n) is 3.10. The summed E-state index contributed by atoms with van der Waals surface area (Å²) < 4.78 is 5.29. The van der Waals surface area contributed by atoms with Crippen molar-refractivity contribution in [3.8, 4) is 5.75 Å². The van der Waals surface area contributed by atoms with E-state index in [1.807, 2.05) is 62.4 Å². The Balaban J connectivity index is 2.19. The fraction of sp³-hybridized carbons (Fsp3) is 0.417. The van der Waals surface area contributed by atoms with Gasteiger partial charge in [0.25, 0.3) is 0 Å². The zero-order valence-corrected chi connectivity index (χ0v) is 18.9. The minimum Gasteiger partial charge on any atom is -0.497 e. The molecule has 0 radical (unpaired) electrons. The summed E-state index contributed by atoms with van der Waals surface area (Å²) in [5, 5.41) is 3.62. The number of methoxy groups -OCH3 is 1. The van der Waals surface area contributed by atoms with Gasteiger partial charge < -0.3 is 15.0 Å². The summed E-state index contributed by atoms with van der Waals surface area (Å²) in [6, 6.07) is 14.5. The molecule has 0 aliphatic carbocycles. The smallest absolute Gasteiger partial charge is 0.242 e. The van der Waals surface area contributed by atoms with Gasteiger partial charge in [-0.25, -0.2) is 0 Å². The first-order valence-electron chi connectivity index (χ1n) is 10.3. The number of carbonyl (C=O) groups is 2. The maximum Gasteiger partial charge on any atom is 0.242 e. The van der Waals surface area contributed by atoms with Crippen molar-refractivity contribution >= 4 is 23.4 Å². The van der Waals surface area contributed by atoms with Gasteiger partial charge in [-0.2, -0.15) is 0 Å². The van der Waals surface area contributed by atoms with Crippen molar-refractivity contribution in [2.45, 2.75) is 58.7 Å². The first-order valence-corrected chi connectivity index (χ1v) is 10.7. The number of nitrogens with zero attached hydrogens (tertiary/aromatic N) is 1. The van der Waals surface area contributed by atoms with Crippen LogP contribution < -0.4 is 10.1 Å². The number of rotatable bonds is 10. The minimum absolute atomic E-state index is 0.0526. The molecular formula is C24H31ClN2O3. The molecule has 6 heteroatoms. The summed E-state index contributed by atoms with van der Waals surface area (Å²) in [6.45, 7) is 6.06. The van der Waals surface area contributed by atoms with Crippen LogP contribution in [0.3, 0.4) is 0 Å². The molecule has 0 saturated heterocycles. The van der Waals surface area contributed by atoms with Crippen molar-refractivity contribution in [3.05, 3.63) is 64.7 Å². The topological polar surface area (TPSA) is 58.6 Å². The Hall–Kier alpha value is -2.53. The van der Waals surface area contributed by atoms with Crippen molar-refractivity contribution < 1.29 is 14.3 Å². The van der Waals surface area contributed by atoms with Gasteiger partial charge >= 0.3 is 0 Å². The molecule has 0 heterocycles. The number of amides is 2. The molecule has 2 amide bonds. The van der Waals surface area contributed by atoms with Crippen molar-refractivity contribution in [1.29, 1.82) is 0 Å². The summed E-state index contributed by atoms with van der Waals surface area (Å²) in [7, 11) is 1.61. The average molecular weight is 431 g/mol. The Morgan fingerprint density at radius 1 is 1.13 bits per heavy atom. The number of nitrogens with one attached hydrogen (secondary N) is 1. The third-order valence-corrected chi connectivity index (χ3v) is 5.59. The van der Waals surface area contributed by atoms with Crippen LogP contribution in [0.5, 0.6) is 5.75 Å². The van der Waals surface area contributed by atoms with Gasteiger partial charge in [0.15, 0.2) is 0 Å². The van der Waals surface area contributed by atoms with Crippen LogP contribution in [-0.4, -0.2) is 35.9 Å². The first kappa shape index (κ1) is 23.7. The number of benzene rings is 2. The van der Waals surface area contributed by atoms with E-state index in [4.69, 9.17) is 16.3 Å². The summed E-state index contributed by atoms with van der Waals surface area (Å²) in [6.07, 6.45) is 1.62. The third kappa shape index (κ3) is 6.77. The van der Waals surface area contributed by atoms with E-state index in [1.54, 1.807) is 18.9 Å². The molecule has 5 nitrogen and oxygen atoms in total. The van der Waals surface area contributed by atoms with Gasteiger partial charge in [0.1, 0.15) is 11.8 Å². The largest absolute Gasteiger partial charge is 0.497 e. The standard InChI is InChI=1S/C24H31ClN2O3/c1-5-17(2)26-24(29)18(3)27(16-19-9-8-11-21(15-19)30-4)23(28)14-13-20-10-6-7-12-22(20)25/h6-12,15,17-18H,5,13-14,16H2,1-4H3,(H,26,29). The monoisotopic (exact) mass is 430 g/mol. The molecule has 0 aliphatic heterocycles. The highest BCUT2D eigenvalue weighted by molar-refractivity contribution is 6.31. The molecule has 2 atom stereocenters. The SMILES string of the molecule is CCC(C)NC(=O)C(C)N(Cc1cccc(OC)c1)C(=O)CCc1ccccc1Cl. The Morgan fingerprint density at radius 2 is 1.87 bits per heavy atom. The predicted octanol–water partition coefficient (Wildman–Crippen LogP) is 4.61. The van der Waals surface area contributed by atoms with Crippen LogP contribution in [0.4, 0.5) is 0 Å². The molecule has 2 aromatic carbocycles. The lowest BCUT2D eigenvalue weighted by Gasteiger charge is -2.30. The maximum atomic E-state index is 13.2. The van der Waals surface area contributed by atoms with Crippen molar-refractivity contribution in [1.82, 2.24) is 10.2 Å². The highest BCUT2D eigenvalue weighted by atomic mass is 35.5. The van der Waals surface area contributed by atoms with Gasteiger partial charge in [-0.15, -0.1) is 0 Å². The number of hydrogen-bond acceptors (Lipinski definition) is 3. The van der Waals surface area contributed by atoms with E-state index < -0.39 is 6.04 Å². The van der Waals surface area contributed by atoms with Gasteiger partial charge in [-0.1, -0.05) is 48.9 Å². The lowest BCUT2D eigenvalue weighted by Crippen LogP contribution is -2.49. The van der Waals surface area contributed by atoms with E-state index in [-0.39, 0.29) is 24.3 Å². The summed E-state index contributed by atoms with van der Waals surface area (Å²) in [5.74, 6) is 0.468. The summed E-state index contributed by atoms with van der Waals surface area (Å²) >= 11 is 6.23. The molecule has 2 aromatic rings. The molecule has 0 spiro atoms. The number of aryl methyl sites for hydroxylation is 1. The van der Waals surface area contributed by atoms with E-state index in [1.165, 1.54) is 0 Å². The first-order chi connectivity index (χ1) is 14.3. The highest BCUT2D eigenvalue weighted by Gasteiger charge is 2.26. The molecule has 0 bridgehead atoms. The van der Waals surface area contributed by atoms with E-state index in [9.17, 15) is 9.59 Å². The molecule has 0 fully saturated rings. The molecule has 2 rings (SSSR count). The van der Waals surface area contributed by atoms with Crippen LogP contribution in [-0.2, 0) is 22.6 Å². The van der Waals surface area contributed by atoms with Crippen molar-refractivity contribution in [2.24, 2.45) is 0 Å². The molecule has 30 heavy (non-hydrogen) atoms. The van der Waals surface area contributed by atoms with Crippen LogP contribution in [0.1, 0.15) is 44.7 Å². The molecule has 0 aromatic heterocycles. The highest BCUT2D eigenvalue weighted by Crippen LogP contribution is 2.20. The average Bonchev–Trinajstić information content (AvgIpc) is 2.76. The Labute approximate surface area is 184 Å². The van der Waals surface area contributed by atoms with Gasteiger partial charge in [-0.3, -0.25) is 9.59 Å². The second-order valence-corrected chi connectivity index (χ2v) is 7.87. The second kappa shape index (κ2) is 11.6. The molecule has 2 unspecified atom stereocenters. The van der Waals surface area contributed by atoms with Gasteiger partial charge in [0.2, 0.25) is 11.8 Å². The number of carbonyl (C=O) groups excluding carboxylic acids is 2. The van der Waals surface area contributed by atoms with Crippen LogP contribution in [0.15, 0.2) is 48.5 Å². The van der Waals surface area contributed by atoms with E-state index in [0.717, 1.165) is 17.5 Å². The molecule has 0 aliphatic rings. The van der Waals surface area contributed by atoms with E-state index in [0.29, 0.717) is 23.7 Å². The van der Waals surface area contributed by atoms with E-state index >= 15 is 0 Å². The third-order valence-electron chi connectivity index (χ3n) is 5.22. The molecule has 162 valence electrons. The van der Waals surface area contributed by atoms with E-state index in [2.05, 4.69) is 5.32 Å². The van der Waals surface area contributed by atoms with Gasteiger partial charge in [0.05, 0.1) is 7.11 Å². The normalized spacial score (nSPS) is 12.7. The second-order valence-electron chi connectivity index (χ2n) is 7.46. The number of hydrogen-bond donors (Lipinski definition) is 1. The predicted molar refractivity (Wildman–Crippen MR) is 121 cm³/mol. The van der Waals surface area contributed by atoms with Crippen LogP contribution in [0.25, 0.3) is 0 Å². The molecule has 0 saturated carbocycles. The Morgan fingerprint density at radius 3 is 2.53 bits per heavy atom. The van der Waals surface area contributed by atoms with Gasteiger partial charge in [-0.05, 0) is 56.0 Å². The number of halogens is 1. The molecule has 1 N–H and O–H groups in total. The lowest BCUT2D eigenvalue weighted by atomic mass is 10.1. The van der Waals surface area contributed by atoms with Crippen LogP contribution in [0.2, 0.25) is 5.02 Å². The summed E-state index contributed by atoms with van der Waals surface area (Å²) in [5.41, 5.74) is 1.83. The van der Waals surface area contributed by atoms with Crippen LogP contribution in [0, 0.1) is 0 Å². The fourth-order valence-corrected chi connectivity index (χ4v) is 3.33. The number of ether oxygens (including phenoxy) is 1. The minimum atomic E-state index is -0.594. The maximum absolute atomic E-state index is 13.2. The van der Waals surface area contributed by atoms with Crippen molar-refractivity contribution in [2.75, 3.05) is 7.11 Å². The zero-order valence-electron chi connectivity index (χ0n) is 18.2. The van der Waals surface area contributed by atoms with Crippen LogP contribution >= 0.6 is 11.6 Å². The molecular weight excluding hydrogens is 400 g/mol. The Kier molecular flexibility index (Phi) is 9.18. The van der Waals surface area contributed by atoms with Gasteiger partial charge in [0, 0.05) is 24.0 Å². The quantitative estimate of drug-likeness (QED) is 0.598. The zero-order chi connectivity index (χ0) is 22.1. The van der Waals surface area contributed by atoms with Crippen molar-refractivity contribution in [3.63, 3.8) is 0 Å².